The van der Waals surface area contributed by atoms with Crippen molar-refractivity contribution in [3.05, 3.63) is 0 Å². The molecule has 0 amide bonds. The van der Waals surface area contributed by atoms with Crippen LogP contribution in [0.25, 0.3) is 0 Å². The molecule has 0 spiro atoms. The van der Waals surface area contributed by atoms with Crippen molar-refractivity contribution in [2.45, 2.75) is 44.3 Å². The number of ether oxygens (including phenoxy) is 2. The van der Waals surface area contributed by atoms with Crippen LogP contribution in [0.4, 0.5) is 0 Å². The lowest BCUT2D eigenvalue weighted by atomic mass is 9.95. The van der Waals surface area contributed by atoms with Gasteiger partial charge < -0.3 is 20.0 Å². The van der Waals surface area contributed by atoms with Gasteiger partial charge in [-0.15, -0.1) is 0 Å². The first-order valence-electron chi connectivity index (χ1n) is 5.30. The number of rotatable bonds is 5. The fourth-order valence-corrected chi connectivity index (χ4v) is 1.49. The first-order chi connectivity index (χ1) is 7.49. The highest BCUT2D eigenvalue weighted by Crippen LogP contribution is 2.16. The van der Waals surface area contributed by atoms with Gasteiger partial charge in [-0.3, -0.25) is 4.79 Å². The minimum Gasteiger partial charge on any atom is -0.463 e. The summed E-state index contributed by atoms with van der Waals surface area (Å²) in [6.07, 6.45) is 0.533. The van der Waals surface area contributed by atoms with E-state index in [0.29, 0.717) is 6.42 Å². The van der Waals surface area contributed by atoms with Crippen molar-refractivity contribution in [2.24, 2.45) is 5.73 Å². The van der Waals surface area contributed by atoms with Crippen molar-refractivity contribution in [3.63, 3.8) is 0 Å². The highest BCUT2D eigenvalue weighted by Gasteiger charge is 2.30. The van der Waals surface area contributed by atoms with E-state index in [9.17, 15) is 9.59 Å². The van der Waals surface area contributed by atoms with E-state index < -0.39 is 5.97 Å². The quantitative estimate of drug-likeness (QED) is 0.504. The molecule has 0 aromatic carbocycles. The Morgan fingerprint density at radius 2 is 2.19 bits per heavy atom. The van der Waals surface area contributed by atoms with Crippen LogP contribution in [0.15, 0.2) is 0 Å². The van der Waals surface area contributed by atoms with Gasteiger partial charge in [0.25, 0.3) is 0 Å². The molecule has 1 aliphatic heterocycles. The monoisotopic (exact) mass is 225 g/mol. The van der Waals surface area contributed by atoms with Crippen molar-refractivity contribution in [2.75, 3.05) is 6.61 Å². The number of nitrogens with two attached hydrogens (primary N) is 1. The van der Waals surface area contributed by atoms with Gasteiger partial charge in [0.05, 0.1) is 6.42 Å². The number of ketones is 1. The van der Waals surface area contributed by atoms with Crippen LogP contribution in [0, 0.1) is 0 Å². The standard InChI is InChI=1S/C10H16BNO4/c1-6(13)2-3-10(14)15-5-8-7(12)4-9(11)16-8/h7-9H,2-5,12H2,1H3/t7-,8+,9+/m0/s1. The molecule has 0 aliphatic carbocycles. The Labute approximate surface area is 96.1 Å². The fraction of sp³-hybridized carbons (Fsp3) is 0.800. The topological polar surface area (TPSA) is 78.6 Å². The van der Waals surface area contributed by atoms with Gasteiger partial charge in [-0.2, -0.15) is 0 Å². The van der Waals surface area contributed by atoms with Crippen LogP contribution >= 0.6 is 0 Å². The van der Waals surface area contributed by atoms with Gasteiger partial charge in [-0.05, 0) is 13.3 Å². The summed E-state index contributed by atoms with van der Waals surface area (Å²) in [5, 5.41) is 0. The molecule has 88 valence electrons. The normalized spacial score (nSPS) is 29.0. The van der Waals surface area contributed by atoms with Crippen LogP contribution < -0.4 is 5.73 Å². The van der Waals surface area contributed by atoms with E-state index in [2.05, 4.69) is 0 Å². The van der Waals surface area contributed by atoms with Crippen molar-refractivity contribution < 1.29 is 19.1 Å². The molecule has 6 heteroatoms. The Hall–Kier alpha value is -0.875. The highest BCUT2D eigenvalue weighted by molar-refractivity contribution is 6.11. The maximum absolute atomic E-state index is 11.2. The number of Topliss-reactive ketones (excluding diaryl/α,β-unsaturated/α-hetero) is 1. The Balaban J connectivity index is 2.19. The second-order valence-corrected chi connectivity index (χ2v) is 4.00. The van der Waals surface area contributed by atoms with E-state index in [1.165, 1.54) is 6.92 Å². The van der Waals surface area contributed by atoms with Crippen LogP contribution in [0.3, 0.4) is 0 Å². The molecule has 1 aliphatic rings. The molecule has 3 atom stereocenters. The van der Waals surface area contributed by atoms with Crippen molar-refractivity contribution in [1.29, 1.82) is 0 Å². The average Bonchev–Trinajstić information content (AvgIpc) is 2.51. The van der Waals surface area contributed by atoms with Crippen molar-refractivity contribution in [3.8, 4) is 0 Å². The van der Waals surface area contributed by atoms with Gasteiger partial charge in [0.1, 0.15) is 26.3 Å². The molecular weight excluding hydrogens is 209 g/mol. The third-order valence-corrected chi connectivity index (χ3v) is 2.42. The van der Waals surface area contributed by atoms with Gasteiger partial charge >= 0.3 is 5.97 Å². The summed E-state index contributed by atoms with van der Waals surface area (Å²) < 4.78 is 10.2. The number of esters is 1. The lowest BCUT2D eigenvalue weighted by molar-refractivity contribution is -0.148. The van der Waals surface area contributed by atoms with Crippen LogP contribution in [0.5, 0.6) is 0 Å². The fourth-order valence-electron chi connectivity index (χ4n) is 1.49. The van der Waals surface area contributed by atoms with Gasteiger partial charge in [0, 0.05) is 18.5 Å². The number of hydrogen-bond donors (Lipinski definition) is 1. The largest absolute Gasteiger partial charge is 0.463 e. The van der Waals surface area contributed by atoms with E-state index in [4.69, 9.17) is 23.1 Å². The third kappa shape index (κ3) is 4.32. The Bertz CT molecular complexity index is 272. The third-order valence-electron chi connectivity index (χ3n) is 2.42. The summed E-state index contributed by atoms with van der Waals surface area (Å²) >= 11 is 0. The maximum Gasteiger partial charge on any atom is 0.306 e. The van der Waals surface area contributed by atoms with Crippen LogP contribution in [-0.4, -0.2) is 44.4 Å². The van der Waals surface area contributed by atoms with Gasteiger partial charge in [-0.1, -0.05) is 0 Å². The average molecular weight is 225 g/mol. The molecule has 1 saturated heterocycles. The summed E-state index contributed by atoms with van der Waals surface area (Å²) in [5.74, 6) is -0.445. The SMILES string of the molecule is [B][C@H]1C[C@H](N)[C@@H](COC(=O)CCC(C)=O)O1. The second kappa shape index (κ2) is 6.01. The molecule has 0 aromatic heterocycles. The number of hydrogen-bond acceptors (Lipinski definition) is 5. The number of carbonyl (C=O) groups is 2. The molecule has 1 heterocycles. The predicted molar refractivity (Wildman–Crippen MR) is 57.9 cm³/mol. The van der Waals surface area contributed by atoms with E-state index >= 15 is 0 Å². The molecule has 5 nitrogen and oxygen atoms in total. The number of carbonyl (C=O) groups excluding carboxylic acids is 2. The summed E-state index contributed by atoms with van der Waals surface area (Å²) in [5.41, 5.74) is 5.73. The summed E-state index contributed by atoms with van der Waals surface area (Å²) in [7, 11) is 5.53. The maximum atomic E-state index is 11.2. The summed E-state index contributed by atoms with van der Waals surface area (Å²) in [6.45, 7) is 1.54. The molecule has 2 radical (unpaired) electrons. The zero-order valence-corrected chi connectivity index (χ0v) is 9.35. The van der Waals surface area contributed by atoms with Gasteiger partial charge in [-0.25, -0.2) is 0 Å². The highest BCUT2D eigenvalue weighted by atomic mass is 16.6. The first-order valence-corrected chi connectivity index (χ1v) is 5.30. The minimum absolute atomic E-state index is 0.0345. The smallest absolute Gasteiger partial charge is 0.306 e. The van der Waals surface area contributed by atoms with Crippen LogP contribution in [0.2, 0.25) is 0 Å². The van der Waals surface area contributed by atoms with Crippen molar-refractivity contribution >= 4 is 19.6 Å². The van der Waals surface area contributed by atoms with Crippen LogP contribution in [0.1, 0.15) is 26.2 Å². The van der Waals surface area contributed by atoms with E-state index in [1.807, 2.05) is 0 Å². The molecule has 16 heavy (non-hydrogen) atoms. The van der Waals surface area contributed by atoms with E-state index in [0.717, 1.165) is 0 Å². The van der Waals surface area contributed by atoms with Gasteiger partial charge in [0.15, 0.2) is 0 Å². The predicted octanol–water partition coefficient (Wildman–Crippen LogP) is -0.490. The van der Waals surface area contributed by atoms with E-state index in [1.54, 1.807) is 0 Å². The molecule has 1 fully saturated rings. The molecule has 0 aromatic rings. The zero-order chi connectivity index (χ0) is 12.1. The summed E-state index contributed by atoms with van der Waals surface area (Å²) in [6, 6.07) is -0.577. The molecule has 0 bridgehead atoms. The summed E-state index contributed by atoms with van der Waals surface area (Å²) in [4.78, 5) is 21.8. The lowest BCUT2D eigenvalue weighted by Gasteiger charge is -2.14. The lowest BCUT2D eigenvalue weighted by Crippen LogP contribution is -2.34. The molecule has 0 saturated carbocycles. The Morgan fingerprint density at radius 1 is 1.50 bits per heavy atom. The molecular formula is C10H16BNO4. The van der Waals surface area contributed by atoms with Crippen LogP contribution in [-0.2, 0) is 19.1 Å². The Morgan fingerprint density at radius 3 is 2.69 bits per heavy atom. The van der Waals surface area contributed by atoms with Gasteiger partial charge in [0.2, 0.25) is 0 Å². The molecule has 2 N–H and O–H groups in total. The first kappa shape index (κ1) is 13.2. The van der Waals surface area contributed by atoms with Crippen molar-refractivity contribution in [1.82, 2.24) is 0 Å². The minimum atomic E-state index is -0.411. The second-order valence-electron chi connectivity index (χ2n) is 4.00. The molecule has 1 rings (SSSR count). The Kier molecular flexibility index (Phi) is 4.95. The molecule has 0 unspecified atom stereocenters. The van der Waals surface area contributed by atoms with E-state index in [-0.39, 0.29) is 43.4 Å². The zero-order valence-electron chi connectivity index (χ0n) is 9.35.